The molecule has 10 heteroatoms. The number of amides is 1. The zero-order chi connectivity index (χ0) is 22.9. The number of hydrogen-bond donors (Lipinski definition) is 0. The van der Waals surface area contributed by atoms with Gasteiger partial charge in [0.1, 0.15) is 11.5 Å². The molecule has 0 N–H and O–H groups in total. The lowest BCUT2D eigenvalue weighted by molar-refractivity contribution is -0.145. The van der Waals surface area contributed by atoms with Crippen molar-refractivity contribution in [2.75, 3.05) is 53.6 Å². The summed E-state index contributed by atoms with van der Waals surface area (Å²) in [5.74, 6) is 1.52. The summed E-state index contributed by atoms with van der Waals surface area (Å²) in [6.07, 6.45) is 1.24. The summed E-state index contributed by atoms with van der Waals surface area (Å²) in [5, 5.41) is 8.13. The van der Waals surface area contributed by atoms with Crippen molar-refractivity contribution < 1.29 is 23.7 Å². The number of aromatic nitrogens is 3. The molecule has 0 aliphatic carbocycles. The summed E-state index contributed by atoms with van der Waals surface area (Å²) >= 11 is 0. The van der Waals surface area contributed by atoms with Crippen LogP contribution in [0.4, 0.5) is 0 Å². The monoisotopic (exact) mass is 447 g/mol. The quantitative estimate of drug-likeness (QED) is 0.481. The van der Waals surface area contributed by atoms with Crippen molar-refractivity contribution in [3.05, 3.63) is 35.7 Å². The zero-order valence-corrected chi connectivity index (χ0v) is 19.3. The third kappa shape index (κ3) is 6.18. The molecule has 1 aliphatic heterocycles. The van der Waals surface area contributed by atoms with Crippen molar-refractivity contribution in [1.82, 2.24) is 24.8 Å². The SMILES string of the molecule is CCOC(Cn1cc(C(=O)N2CCN(Cc3cc(OC)ccc3OC)CC2)nn1)OCC. The standard InChI is InChI=1S/C22H33N5O5/c1-5-31-21(32-6-2)16-27-15-19(23-24-27)22(28)26-11-9-25(10-12-26)14-17-13-18(29-3)7-8-20(17)30-4/h7-8,13,15,21H,5-6,9-12,14,16H2,1-4H3. The van der Waals surface area contributed by atoms with Crippen LogP contribution in [0.1, 0.15) is 29.9 Å². The fourth-order valence-corrected chi connectivity index (χ4v) is 3.68. The first-order valence-corrected chi connectivity index (χ1v) is 10.9. The van der Waals surface area contributed by atoms with E-state index in [9.17, 15) is 4.79 Å². The maximum absolute atomic E-state index is 12.9. The molecule has 2 aromatic rings. The molecule has 0 unspecified atom stereocenters. The van der Waals surface area contributed by atoms with Gasteiger partial charge in [-0.15, -0.1) is 5.10 Å². The second-order valence-corrected chi connectivity index (χ2v) is 7.41. The Hall–Kier alpha value is -2.69. The Balaban J connectivity index is 1.54. The van der Waals surface area contributed by atoms with E-state index in [0.717, 1.165) is 36.7 Å². The molecule has 0 spiro atoms. The summed E-state index contributed by atoms with van der Waals surface area (Å²) in [5.41, 5.74) is 1.40. The molecule has 0 bridgehead atoms. The van der Waals surface area contributed by atoms with Crippen LogP contribution in [0.15, 0.2) is 24.4 Å². The molecular formula is C22H33N5O5. The van der Waals surface area contributed by atoms with E-state index in [4.69, 9.17) is 18.9 Å². The molecule has 0 atom stereocenters. The largest absolute Gasteiger partial charge is 0.497 e. The number of rotatable bonds is 11. The van der Waals surface area contributed by atoms with E-state index in [1.54, 1.807) is 25.1 Å². The summed E-state index contributed by atoms with van der Waals surface area (Å²) in [7, 11) is 3.32. The predicted octanol–water partition coefficient (Wildman–Crippen LogP) is 1.65. The van der Waals surface area contributed by atoms with E-state index in [-0.39, 0.29) is 5.91 Å². The van der Waals surface area contributed by atoms with Gasteiger partial charge in [0.15, 0.2) is 12.0 Å². The smallest absolute Gasteiger partial charge is 0.276 e. The van der Waals surface area contributed by atoms with Crippen molar-refractivity contribution in [2.45, 2.75) is 33.2 Å². The number of methoxy groups -OCH3 is 2. The first-order chi connectivity index (χ1) is 15.6. The van der Waals surface area contributed by atoms with Crippen LogP contribution in [0.2, 0.25) is 0 Å². The number of nitrogens with zero attached hydrogens (tertiary/aromatic N) is 5. The number of hydrogen-bond acceptors (Lipinski definition) is 8. The molecule has 2 heterocycles. The van der Waals surface area contributed by atoms with Gasteiger partial charge < -0.3 is 23.8 Å². The minimum Gasteiger partial charge on any atom is -0.497 e. The van der Waals surface area contributed by atoms with Crippen molar-refractivity contribution in [3.8, 4) is 11.5 Å². The lowest BCUT2D eigenvalue weighted by Crippen LogP contribution is -2.48. The predicted molar refractivity (Wildman–Crippen MR) is 118 cm³/mol. The molecule has 1 aliphatic rings. The molecule has 176 valence electrons. The van der Waals surface area contributed by atoms with Crippen LogP contribution in [0.5, 0.6) is 11.5 Å². The number of piperazine rings is 1. The number of benzene rings is 1. The molecule has 32 heavy (non-hydrogen) atoms. The van der Waals surface area contributed by atoms with E-state index in [1.165, 1.54) is 0 Å². The highest BCUT2D eigenvalue weighted by molar-refractivity contribution is 5.92. The molecule has 10 nitrogen and oxygen atoms in total. The van der Waals surface area contributed by atoms with Gasteiger partial charge in [-0.05, 0) is 32.0 Å². The van der Waals surface area contributed by atoms with Crippen LogP contribution in [0, 0.1) is 0 Å². The van der Waals surface area contributed by atoms with Crippen LogP contribution in [0.25, 0.3) is 0 Å². The maximum Gasteiger partial charge on any atom is 0.276 e. The minimum atomic E-state index is -0.410. The maximum atomic E-state index is 12.9. The minimum absolute atomic E-state index is 0.112. The highest BCUT2D eigenvalue weighted by Gasteiger charge is 2.25. The van der Waals surface area contributed by atoms with E-state index in [0.29, 0.717) is 38.5 Å². The van der Waals surface area contributed by atoms with Gasteiger partial charge >= 0.3 is 0 Å². The average molecular weight is 448 g/mol. The first kappa shape index (κ1) is 24.0. The Labute approximate surface area is 189 Å². The van der Waals surface area contributed by atoms with Gasteiger partial charge in [-0.3, -0.25) is 9.69 Å². The lowest BCUT2D eigenvalue weighted by atomic mass is 10.1. The number of carbonyl (C=O) groups excluding carboxylic acids is 1. The van der Waals surface area contributed by atoms with Gasteiger partial charge in [-0.2, -0.15) is 0 Å². The van der Waals surface area contributed by atoms with E-state index < -0.39 is 6.29 Å². The Morgan fingerprint density at radius 2 is 1.78 bits per heavy atom. The molecule has 1 amide bonds. The van der Waals surface area contributed by atoms with Crippen molar-refractivity contribution in [2.24, 2.45) is 0 Å². The van der Waals surface area contributed by atoms with Crippen molar-refractivity contribution in [3.63, 3.8) is 0 Å². The topological polar surface area (TPSA) is 91.2 Å². The van der Waals surface area contributed by atoms with E-state index in [1.807, 2.05) is 36.9 Å². The van der Waals surface area contributed by atoms with Crippen molar-refractivity contribution >= 4 is 5.91 Å². The van der Waals surface area contributed by atoms with Crippen LogP contribution in [-0.2, 0) is 22.6 Å². The molecule has 1 saturated heterocycles. The van der Waals surface area contributed by atoms with Crippen molar-refractivity contribution in [1.29, 1.82) is 0 Å². The third-order valence-electron chi connectivity index (χ3n) is 5.34. The van der Waals surface area contributed by atoms with Gasteiger partial charge in [0.25, 0.3) is 5.91 Å². The molecule has 0 radical (unpaired) electrons. The fraction of sp³-hybridized carbons (Fsp3) is 0.591. The van der Waals surface area contributed by atoms with Gasteiger partial charge in [0.2, 0.25) is 0 Å². The van der Waals surface area contributed by atoms with E-state index in [2.05, 4.69) is 15.2 Å². The summed E-state index contributed by atoms with van der Waals surface area (Å²) in [4.78, 5) is 17.0. The fourth-order valence-electron chi connectivity index (χ4n) is 3.68. The molecule has 1 fully saturated rings. The number of carbonyl (C=O) groups is 1. The summed E-state index contributed by atoms with van der Waals surface area (Å²) in [6.45, 7) is 8.78. The van der Waals surface area contributed by atoms with Crippen LogP contribution in [0.3, 0.4) is 0 Å². The average Bonchev–Trinajstić information content (AvgIpc) is 3.28. The second-order valence-electron chi connectivity index (χ2n) is 7.41. The highest BCUT2D eigenvalue weighted by Crippen LogP contribution is 2.25. The normalized spacial score (nSPS) is 14.7. The van der Waals surface area contributed by atoms with Crippen LogP contribution in [-0.4, -0.2) is 90.6 Å². The Kier molecular flexibility index (Phi) is 8.83. The third-order valence-corrected chi connectivity index (χ3v) is 5.34. The molecule has 1 aromatic heterocycles. The molecule has 3 rings (SSSR count). The van der Waals surface area contributed by atoms with Crippen LogP contribution < -0.4 is 9.47 Å². The van der Waals surface area contributed by atoms with E-state index >= 15 is 0 Å². The Bertz CT molecular complexity index is 860. The first-order valence-electron chi connectivity index (χ1n) is 10.9. The van der Waals surface area contributed by atoms with Gasteiger partial charge in [-0.25, -0.2) is 4.68 Å². The molecular weight excluding hydrogens is 414 g/mol. The van der Waals surface area contributed by atoms with Gasteiger partial charge in [0.05, 0.1) is 27.0 Å². The lowest BCUT2D eigenvalue weighted by Gasteiger charge is -2.34. The molecule has 1 aromatic carbocycles. The summed E-state index contributed by atoms with van der Waals surface area (Å²) < 4.78 is 23.5. The van der Waals surface area contributed by atoms with Crippen LogP contribution >= 0.6 is 0 Å². The second kappa shape index (κ2) is 11.8. The Morgan fingerprint density at radius 3 is 2.41 bits per heavy atom. The van der Waals surface area contributed by atoms with Gasteiger partial charge in [-0.1, -0.05) is 5.21 Å². The highest BCUT2D eigenvalue weighted by atomic mass is 16.7. The zero-order valence-electron chi connectivity index (χ0n) is 19.3. The number of ether oxygens (including phenoxy) is 4. The molecule has 0 saturated carbocycles. The summed E-state index contributed by atoms with van der Waals surface area (Å²) in [6, 6.07) is 5.79. The Morgan fingerprint density at radius 1 is 1.06 bits per heavy atom. The van der Waals surface area contributed by atoms with Gasteiger partial charge in [0, 0.05) is 51.5 Å².